The van der Waals surface area contributed by atoms with E-state index in [4.69, 9.17) is 16.6 Å². The van der Waals surface area contributed by atoms with Gasteiger partial charge < -0.3 is 10.4 Å². The third kappa shape index (κ3) is 4.27. The van der Waals surface area contributed by atoms with Crippen molar-refractivity contribution in [1.29, 1.82) is 0 Å². The first kappa shape index (κ1) is 22.3. The normalized spacial score (nSPS) is 12.0. The van der Waals surface area contributed by atoms with Crippen molar-refractivity contribution in [1.82, 2.24) is 24.5 Å². The molecule has 0 fully saturated rings. The SMILES string of the molecule is Cc1cc([C@@H](C)Nc2ccc(Cl)nc2C(=O)O)c2nc(-c3cnc(C)nc3)n(C)c(=O)c2c1. The zero-order valence-corrected chi connectivity index (χ0v) is 19.2. The summed E-state index contributed by atoms with van der Waals surface area (Å²) in [6.45, 7) is 5.54. The van der Waals surface area contributed by atoms with Gasteiger partial charge in [-0.05, 0) is 44.5 Å². The summed E-state index contributed by atoms with van der Waals surface area (Å²) in [6, 6.07) is 6.40. The van der Waals surface area contributed by atoms with Crippen LogP contribution in [-0.2, 0) is 7.05 Å². The molecule has 9 nitrogen and oxygen atoms in total. The van der Waals surface area contributed by atoms with Gasteiger partial charge in [-0.1, -0.05) is 17.7 Å². The number of anilines is 1. The summed E-state index contributed by atoms with van der Waals surface area (Å²) in [5, 5.41) is 13.2. The molecule has 1 aromatic carbocycles. The number of aryl methyl sites for hydroxylation is 2. The van der Waals surface area contributed by atoms with Crippen molar-refractivity contribution in [2.75, 3.05) is 5.32 Å². The third-order valence-electron chi connectivity index (χ3n) is 5.30. The lowest BCUT2D eigenvalue weighted by atomic mass is 10.0. The minimum absolute atomic E-state index is 0.0849. The van der Waals surface area contributed by atoms with E-state index in [1.54, 1.807) is 38.5 Å². The number of benzene rings is 1. The van der Waals surface area contributed by atoms with Crippen LogP contribution in [0.1, 0.15) is 40.4 Å². The van der Waals surface area contributed by atoms with Crippen LogP contribution in [-0.4, -0.2) is 35.6 Å². The summed E-state index contributed by atoms with van der Waals surface area (Å²) >= 11 is 5.87. The highest BCUT2D eigenvalue weighted by Crippen LogP contribution is 2.29. The third-order valence-corrected chi connectivity index (χ3v) is 5.51. The van der Waals surface area contributed by atoms with Gasteiger partial charge in [-0.2, -0.15) is 0 Å². The number of carboxylic acid groups (broad SMARTS) is 1. The zero-order valence-electron chi connectivity index (χ0n) is 18.4. The van der Waals surface area contributed by atoms with Crippen molar-refractivity contribution >= 4 is 34.2 Å². The van der Waals surface area contributed by atoms with E-state index in [1.807, 2.05) is 19.9 Å². The molecule has 3 heterocycles. The fourth-order valence-electron chi connectivity index (χ4n) is 3.67. The number of aromatic carboxylic acids is 1. The predicted molar refractivity (Wildman–Crippen MR) is 126 cm³/mol. The second-order valence-electron chi connectivity index (χ2n) is 7.77. The quantitative estimate of drug-likeness (QED) is 0.426. The van der Waals surface area contributed by atoms with Crippen LogP contribution in [0.4, 0.5) is 5.69 Å². The molecule has 0 saturated carbocycles. The molecule has 0 spiro atoms. The summed E-state index contributed by atoms with van der Waals surface area (Å²) in [5.74, 6) is -0.149. The number of nitrogens with one attached hydrogen (secondary N) is 1. The molecule has 0 aliphatic carbocycles. The van der Waals surface area contributed by atoms with Crippen LogP contribution in [0.3, 0.4) is 0 Å². The molecule has 168 valence electrons. The summed E-state index contributed by atoms with van der Waals surface area (Å²) in [4.78, 5) is 42.0. The topological polar surface area (TPSA) is 123 Å². The molecule has 3 aromatic heterocycles. The van der Waals surface area contributed by atoms with Gasteiger partial charge in [-0.15, -0.1) is 0 Å². The molecule has 4 rings (SSSR count). The monoisotopic (exact) mass is 464 g/mol. The molecule has 1 atom stereocenters. The number of fused-ring (bicyclic) bond motifs is 1. The smallest absolute Gasteiger partial charge is 0.356 e. The molecule has 10 heteroatoms. The first-order valence-corrected chi connectivity index (χ1v) is 10.5. The summed E-state index contributed by atoms with van der Waals surface area (Å²) in [7, 11) is 1.66. The average molecular weight is 465 g/mol. The van der Waals surface area contributed by atoms with E-state index in [2.05, 4.69) is 20.3 Å². The number of carboxylic acids is 1. The Bertz CT molecular complexity index is 1450. The van der Waals surface area contributed by atoms with E-state index in [0.717, 1.165) is 11.1 Å². The molecule has 0 aliphatic rings. The standard InChI is InChI=1S/C23H21ClN6O3/c1-11-7-15(12(2)27-17-5-6-18(24)28-20(17)23(32)33)19-16(8-11)22(31)30(4)21(29-19)14-9-25-13(3)26-10-14/h5-10,12,27H,1-4H3,(H,32,33)/t12-/m1/s1. The first-order valence-electron chi connectivity index (χ1n) is 10.1. The number of hydrogen-bond donors (Lipinski definition) is 2. The summed E-state index contributed by atoms with van der Waals surface area (Å²) in [5.41, 5.74) is 2.67. The Morgan fingerprint density at radius 3 is 2.52 bits per heavy atom. The highest BCUT2D eigenvalue weighted by molar-refractivity contribution is 6.29. The van der Waals surface area contributed by atoms with Crippen LogP contribution in [0.2, 0.25) is 5.15 Å². The van der Waals surface area contributed by atoms with E-state index >= 15 is 0 Å². The van der Waals surface area contributed by atoms with Crippen LogP contribution in [0.5, 0.6) is 0 Å². The first-order chi connectivity index (χ1) is 15.7. The molecule has 0 radical (unpaired) electrons. The lowest BCUT2D eigenvalue weighted by Crippen LogP contribution is -2.22. The summed E-state index contributed by atoms with van der Waals surface area (Å²) < 4.78 is 1.48. The zero-order chi connectivity index (χ0) is 23.9. The predicted octanol–water partition coefficient (Wildman–Crippen LogP) is 3.93. The van der Waals surface area contributed by atoms with Crippen molar-refractivity contribution in [3.63, 3.8) is 0 Å². The van der Waals surface area contributed by atoms with Gasteiger partial charge in [-0.3, -0.25) is 9.36 Å². The molecular weight excluding hydrogens is 444 g/mol. The molecule has 0 aliphatic heterocycles. The molecule has 4 aromatic rings. The van der Waals surface area contributed by atoms with Crippen LogP contribution >= 0.6 is 11.6 Å². The molecule has 33 heavy (non-hydrogen) atoms. The van der Waals surface area contributed by atoms with Crippen LogP contribution in [0.15, 0.2) is 41.5 Å². The van der Waals surface area contributed by atoms with Crippen LogP contribution in [0, 0.1) is 13.8 Å². The number of hydrogen-bond acceptors (Lipinski definition) is 7. The number of rotatable bonds is 5. The van der Waals surface area contributed by atoms with Crippen molar-refractivity contribution < 1.29 is 9.90 Å². The number of aromatic nitrogens is 5. The Morgan fingerprint density at radius 1 is 1.15 bits per heavy atom. The van der Waals surface area contributed by atoms with Crippen molar-refractivity contribution in [2.45, 2.75) is 26.8 Å². The van der Waals surface area contributed by atoms with Gasteiger partial charge in [0.05, 0.1) is 28.2 Å². The maximum atomic E-state index is 13.2. The van der Waals surface area contributed by atoms with Gasteiger partial charge in [0.1, 0.15) is 16.8 Å². The lowest BCUT2D eigenvalue weighted by molar-refractivity contribution is 0.0691. The van der Waals surface area contributed by atoms with Crippen molar-refractivity contribution in [2.24, 2.45) is 7.05 Å². The van der Waals surface area contributed by atoms with Gasteiger partial charge in [0.15, 0.2) is 5.69 Å². The van der Waals surface area contributed by atoms with E-state index in [-0.39, 0.29) is 16.4 Å². The minimum atomic E-state index is -1.20. The number of nitrogens with zero attached hydrogens (tertiary/aromatic N) is 5. The summed E-state index contributed by atoms with van der Waals surface area (Å²) in [6.07, 6.45) is 3.26. The van der Waals surface area contributed by atoms with E-state index in [1.165, 1.54) is 10.6 Å². The minimum Gasteiger partial charge on any atom is -0.476 e. The average Bonchev–Trinajstić information content (AvgIpc) is 2.77. The fraction of sp³-hybridized carbons (Fsp3) is 0.217. The Morgan fingerprint density at radius 2 is 1.85 bits per heavy atom. The second kappa shape index (κ2) is 8.59. The Kier molecular flexibility index (Phi) is 5.82. The van der Waals surface area contributed by atoms with E-state index in [9.17, 15) is 14.7 Å². The number of carbonyl (C=O) groups is 1. The van der Waals surface area contributed by atoms with Gasteiger partial charge in [-0.25, -0.2) is 24.7 Å². The molecular formula is C23H21ClN6O3. The van der Waals surface area contributed by atoms with Crippen LogP contribution in [0.25, 0.3) is 22.3 Å². The Balaban J connectivity index is 1.88. The molecule has 0 saturated heterocycles. The van der Waals surface area contributed by atoms with Gasteiger partial charge in [0.2, 0.25) is 0 Å². The van der Waals surface area contributed by atoms with Gasteiger partial charge in [0.25, 0.3) is 5.56 Å². The molecule has 2 N–H and O–H groups in total. The highest BCUT2D eigenvalue weighted by Gasteiger charge is 2.20. The highest BCUT2D eigenvalue weighted by atomic mass is 35.5. The molecule has 0 bridgehead atoms. The number of halogens is 1. The Hall–Kier alpha value is -3.85. The number of pyridine rings is 1. The van der Waals surface area contributed by atoms with Crippen molar-refractivity contribution in [3.05, 3.63) is 74.8 Å². The fourth-order valence-corrected chi connectivity index (χ4v) is 3.82. The van der Waals surface area contributed by atoms with Gasteiger partial charge >= 0.3 is 5.97 Å². The maximum Gasteiger partial charge on any atom is 0.356 e. The van der Waals surface area contributed by atoms with Crippen molar-refractivity contribution in [3.8, 4) is 11.4 Å². The second-order valence-corrected chi connectivity index (χ2v) is 8.16. The maximum absolute atomic E-state index is 13.2. The molecule has 0 amide bonds. The Labute approximate surface area is 194 Å². The van der Waals surface area contributed by atoms with E-state index < -0.39 is 12.0 Å². The van der Waals surface area contributed by atoms with Crippen LogP contribution < -0.4 is 10.9 Å². The van der Waals surface area contributed by atoms with Gasteiger partial charge in [0, 0.05) is 25.0 Å². The lowest BCUT2D eigenvalue weighted by Gasteiger charge is -2.20. The largest absolute Gasteiger partial charge is 0.476 e. The van der Waals surface area contributed by atoms with E-state index in [0.29, 0.717) is 33.8 Å². The molecule has 0 unspecified atom stereocenters.